The van der Waals surface area contributed by atoms with Crippen LogP contribution in [0.1, 0.15) is 52.5 Å². The van der Waals surface area contributed by atoms with Gasteiger partial charge in [-0.2, -0.15) is 0 Å². The largest absolute Gasteiger partial charge is 0.348 e. The van der Waals surface area contributed by atoms with Gasteiger partial charge in [0.1, 0.15) is 0 Å². The zero-order valence-electron chi connectivity index (χ0n) is 15.1. The molecular weight excluding hydrogens is 364 g/mol. The van der Waals surface area contributed by atoms with Gasteiger partial charge in [0.2, 0.25) is 9.84 Å². The van der Waals surface area contributed by atoms with E-state index in [0.717, 1.165) is 19.3 Å². The smallest absolute Gasteiger partial charge is 0.251 e. The Kier molecular flexibility index (Phi) is 5.43. The lowest BCUT2D eigenvalue weighted by atomic mass is 10.0. The molecular formula is C20H22N2O4S. The Morgan fingerprint density at radius 1 is 1.11 bits per heavy atom. The fraction of sp³-hybridized carbons (Fsp3) is 0.300. The van der Waals surface area contributed by atoms with Crippen molar-refractivity contribution in [3.63, 3.8) is 0 Å². The fourth-order valence-corrected chi connectivity index (χ4v) is 4.87. The van der Waals surface area contributed by atoms with Crippen molar-refractivity contribution in [2.45, 2.75) is 42.0 Å². The molecule has 142 valence electrons. The van der Waals surface area contributed by atoms with Crippen LogP contribution in [0, 0.1) is 0 Å². The number of hydrogen-bond donors (Lipinski definition) is 2. The Bertz CT molecular complexity index is 999. The molecule has 2 aromatic carbocycles. The van der Waals surface area contributed by atoms with Crippen molar-refractivity contribution in [1.29, 1.82) is 0 Å². The van der Waals surface area contributed by atoms with Crippen LogP contribution >= 0.6 is 0 Å². The molecule has 0 aromatic heterocycles. The summed E-state index contributed by atoms with van der Waals surface area (Å²) in [5.74, 6) is -0.754. The number of carbonyl (C=O) groups is 2. The van der Waals surface area contributed by atoms with Crippen LogP contribution in [0.2, 0.25) is 0 Å². The minimum absolute atomic E-state index is 0.0251. The molecule has 3 rings (SSSR count). The monoisotopic (exact) mass is 386 g/mol. The lowest BCUT2D eigenvalue weighted by molar-refractivity contribution is 0.0934. The summed E-state index contributed by atoms with van der Waals surface area (Å²) < 4.78 is 25.9. The van der Waals surface area contributed by atoms with E-state index in [9.17, 15) is 18.0 Å². The number of fused-ring (bicyclic) bond motifs is 2. The molecule has 6 nitrogen and oxygen atoms in total. The van der Waals surface area contributed by atoms with Gasteiger partial charge < -0.3 is 11.1 Å². The summed E-state index contributed by atoms with van der Waals surface area (Å²) in [7, 11) is -3.86. The standard InChI is InChI=1S/C20H22N2O4S/c1-2-3-6-14(12-21)22-20(24)13-9-10-16-18(11-13)27(25,26)17-8-5-4-7-15(17)19(16)23/h4-5,7-11,14H,2-3,6,12,21H2,1H3,(H,22,24). The van der Waals surface area contributed by atoms with Crippen LogP contribution in [-0.4, -0.2) is 32.7 Å². The van der Waals surface area contributed by atoms with E-state index in [1.54, 1.807) is 12.1 Å². The lowest BCUT2D eigenvalue weighted by Crippen LogP contribution is -2.40. The van der Waals surface area contributed by atoms with Crippen LogP contribution < -0.4 is 11.1 Å². The van der Waals surface area contributed by atoms with Crippen molar-refractivity contribution < 1.29 is 18.0 Å². The minimum Gasteiger partial charge on any atom is -0.348 e. The first-order chi connectivity index (χ1) is 12.9. The van der Waals surface area contributed by atoms with Crippen LogP contribution in [0.15, 0.2) is 52.3 Å². The molecule has 0 spiro atoms. The minimum atomic E-state index is -3.86. The predicted molar refractivity (Wildman–Crippen MR) is 102 cm³/mol. The molecule has 1 aliphatic rings. The van der Waals surface area contributed by atoms with Crippen LogP contribution in [-0.2, 0) is 9.84 Å². The van der Waals surface area contributed by atoms with Crippen molar-refractivity contribution in [2.24, 2.45) is 5.73 Å². The van der Waals surface area contributed by atoms with Gasteiger partial charge in [-0.25, -0.2) is 8.42 Å². The SMILES string of the molecule is CCCCC(CN)NC(=O)c1ccc2c(c1)S(=O)(=O)c1ccccc1C2=O. The Balaban J connectivity index is 1.96. The molecule has 1 unspecified atom stereocenters. The summed E-state index contributed by atoms with van der Waals surface area (Å²) in [5.41, 5.74) is 6.15. The van der Waals surface area contributed by atoms with Gasteiger partial charge in [0, 0.05) is 29.3 Å². The number of carbonyl (C=O) groups excluding carboxylic acids is 2. The maximum absolute atomic E-state index is 12.9. The molecule has 0 fully saturated rings. The molecule has 0 saturated carbocycles. The van der Waals surface area contributed by atoms with E-state index >= 15 is 0 Å². The second kappa shape index (κ2) is 7.62. The summed E-state index contributed by atoms with van der Waals surface area (Å²) in [6.45, 7) is 2.36. The number of benzene rings is 2. The van der Waals surface area contributed by atoms with Gasteiger partial charge in [-0.05, 0) is 36.8 Å². The van der Waals surface area contributed by atoms with Crippen LogP contribution in [0.4, 0.5) is 0 Å². The average Bonchev–Trinajstić information content (AvgIpc) is 2.69. The van der Waals surface area contributed by atoms with Crippen LogP contribution in [0.25, 0.3) is 0 Å². The first-order valence-electron chi connectivity index (χ1n) is 8.94. The molecule has 1 amide bonds. The van der Waals surface area contributed by atoms with Crippen molar-refractivity contribution in [1.82, 2.24) is 5.32 Å². The summed E-state index contributed by atoms with van der Waals surface area (Å²) in [6.07, 6.45) is 2.69. The maximum Gasteiger partial charge on any atom is 0.251 e. The van der Waals surface area contributed by atoms with Crippen molar-refractivity contribution in [3.8, 4) is 0 Å². The number of rotatable bonds is 6. The van der Waals surface area contributed by atoms with E-state index in [1.807, 2.05) is 0 Å². The van der Waals surface area contributed by atoms with E-state index in [4.69, 9.17) is 5.73 Å². The van der Waals surface area contributed by atoms with Gasteiger partial charge in [0.15, 0.2) is 5.78 Å². The van der Waals surface area contributed by atoms with E-state index < -0.39 is 15.7 Å². The second-order valence-corrected chi connectivity index (χ2v) is 8.47. The Labute approximate surface area is 158 Å². The Morgan fingerprint density at radius 3 is 2.52 bits per heavy atom. The highest BCUT2D eigenvalue weighted by Crippen LogP contribution is 2.34. The number of nitrogens with two attached hydrogens (primary N) is 1. The van der Waals surface area contributed by atoms with E-state index in [-0.39, 0.29) is 38.3 Å². The third-order valence-electron chi connectivity index (χ3n) is 4.73. The number of hydrogen-bond acceptors (Lipinski definition) is 5. The Hall–Kier alpha value is -2.51. The second-order valence-electron chi connectivity index (χ2n) is 6.59. The van der Waals surface area contributed by atoms with E-state index in [1.165, 1.54) is 30.3 Å². The van der Waals surface area contributed by atoms with Gasteiger partial charge in [-0.1, -0.05) is 31.9 Å². The molecule has 1 aliphatic heterocycles. The molecule has 3 N–H and O–H groups in total. The van der Waals surface area contributed by atoms with E-state index in [0.29, 0.717) is 6.54 Å². The number of unbranched alkanes of at least 4 members (excludes halogenated alkanes) is 1. The third kappa shape index (κ3) is 3.52. The number of nitrogens with one attached hydrogen (secondary N) is 1. The number of ketones is 1. The molecule has 1 heterocycles. The molecule has 0 bridgehead atoms. The summed E-state index contributed by atoms with van der Waals surface area (Å²) in [5, 5.41) is 2.84. The van der Waals surface area contributed by atoms with Gasteiger partial charge >= 0.3 is 0 Å². The fourth-order valence-electron chi connectivity index (χ4n) is 3.19. The maximum atomic E-state index is 12.9. The van der Waals surface area contributed by atoms with Crippen LogP contribution in [0.3, 0.4) is 0 Å². The quantitative estimate of drug-likeness (QED) is 0.676. The summed E-state index contributed by atoms with van der Waals surface area (Å²) >= 11 is 0. The third-order valence-corrected chi connectivity index (χ3v) is 6.58. The zero-order valence-corrected chi connectivity index (χ0v) is 15.9. The molecule has 0 aliphatic carbocycles. The lowest BCUT2D eigenvalue weighted by Gasteiger charge is -2.20. The summed E-state index contributed by atoms with van der Waals surface area (Å²) in [4.78, 5) is 25.0. The molecule has 0 saturated heterocycles. The first kappa shape index (κ1) is 19.3. The highest BCUT2D eigenvalue weighted by atomic mass is 32.2. The van der Waals surface area contributed by atoms with Crippen molar-refractivity contribution in [2.75, 3.05) is 6.54 Å². The van der Waals surface area contributed by atoms with Gasteiger partial charge in [0.25, 0.3) is 5.91 Å². The normalized spacial score (nSPS) is 15.6. The number of amides is 1. The molecule has 7 heteroatoms. The molecule has 0 radical (unpaired) electrons. The van der Waals surface area contributed by atoms with Crippen molar-refractivity contribution >= 4 is 21.5 Å². The number of sulfone groups is 1. The summed E-state index contributed by atoms with van der Waals surface area (Å²) in [6, 6.07) is 10.1. The molecule has 27 heavy (non-hydrogen) atoms. The highest BCUT2D eigenvalue weighted by Gasteiger charge is 2.35. The van der Waals surface area contributed by atoms with Crippen molar-refractivity contribution in [3.05, 3.63) is 59.2 Å². The first-order valence-corrected chi connectivity index (χ1v) is 10.4. The van der Waals surface area contributed by atoms with Gasteiger partial charge in [0.05, 0.1) is 9.79 Å². The molecule has 1 atom stereocenters. The van der Waals surface area contributed by atoms with Gasteiger partial charge in [-0.3, -0.25) is 9.59 Å². The molecule has 2 aromatic rings. The van der Waals surface area contributed by atoms with E-state index in [2.05, 4.69) is 12.2 Å². The predicted octanol–water partition coefficient (Wildman–Crippen LogP) is 2.31. The average molecular weight is 386 g/mol. The van der Waals surface area contributed by atoms with Gasteiger partial charge in [-0.15, -0.1) is 0 Å². The Morgan fingerprint density at radius 2 is 1.81 bits per heavy atom. The topological polar surface area (TPSA) is 106 Å². The van der Waals surface area contributed by atoms with Crippen LogP contribution in [0.5, 0.6) is 0 Å². The zero-order chi connectivity index (χ0) is 19.6. The highest BCUT2D eigenvalue weighted by molar-refractivity contribution is 7.91.